The molecule has 8 heteroatoms. The molecule has 1 aromatic rings. The average molecular weight is 313 g/mol. The quantitative estimate of drug-likeness (QED) is 0.789. The topological polar surface area (TPSA) is 79.5 Å². The lowest BCUT2D eigenvalue weighted by atomic mass is 10.1. The van der Waals surface area contributed by atoms with E-state index in [1.54, 1.807) is 12.1 Å². The summed E-state index contributed by atoms with van der Waals surface area (Å²) in [7, 11) is 1.45. The fourth-order valence-electron chi connectivity index (χ4n) is 2.20. The van der Waals surface area contributed by atoms with E-state index in [2.05, 4.69) is 16.0 Å². The van der Waals surface area contributed by atoms with Crippen molar-refractivity contribution in [1.29, 1.82) is 0 Å². The number of alkyl halides is 2. The number of methoxy groups -OCH3 is 1. The second-order valence-electron chi connectivity index (χ2n) is 5.08. The number of carbonyl (C=O) groups excluding carboxylic acids is 2. The van der Waals surface area contributed by atoms with Gasteiger partial charge in [0.1, 0.15) is 5.75 Å². The van der Waals surface area contributed by atoms with Gasteiger partial charge in [-0.1, -0.05) is 0 Å². The van der Waals surface area contributed by atoms with Crippen LogP contribution < -0.4 is 20.7 Å². The van der Waals surface area contributed by atoms with Crippen LogP contribution in [0.3, 0.4) is 0 Å². The lowest BCUT2D eigenvalue weighted by molar-refractivity contribution is -0.118. The molecule has 1 unspecified atom stereocenters. The third-order valence-corrected chi connectivity index (χ3v) is 3.20. The second kappa shape index (κ2) is 6.27. The molecule has 0 bridgehead atoms. The summed E-state index contributed by atoms with van der Waals surface area (Å²) in [5.74, 6) is -3.28. The van der Waals surface area contributed by atoms with Crippen molar-refractivity contribution in [2.75, 3.05) is 24.3 Å². The zero-order valence-corrected chi connectivity index (χ0v) is 12.2. The second-order valence-corrected chi connectivity index (χ2v) is 5.08. The summed E-state index contributed by atoms with van der Waals surface area (Å²) in [5.41, 5.74) is 0.768. The maximum atomic E-state index is 13.1. The first-order chi connectivity index (χ1) is 10.3. The van der Waals surface area contributed by atoms with Crippen LogP contribution >= 0.6 is 0 Å². The van der Waals surface area contributed by atoms with Crippen molar-refractivity contribution in [2.45, 2.75) is 25.3 Å². The molecular formula is C14H17F2N3O3. The van der Waals surface area contributed by atoms with Gasteiger partial charge in [-0.05, 0) is 18.2 Å². The van der Waals surface area contributed by atoms with Crippen molar-refractivity contribution in [3.63, 3.8) is 0 Å². The average Bonchev–Trinajstić information content (AvgIpc) is 2.79. The zero-order chi connectivity index (χ0) is 16.3. The standard InChI is InChI=1S/C14H17F2N3O3/c1-8(20)18-10-5-9(3-4-12(10)22-2)19-13(21)11-6-14(15,16)7-17-11/h3-5,11,17H,6-7H2,1-2H3,(H,18,20)(H,19,21). The van der Waals surface area contributed by atoms with Crippen molar-refractivity contribution >= 4 is 23.2 Å². The van der Waals surface area contributed by atoms with E-state index in [4.69, 9.17) is 4.74 Å². The third-order valence-electron chi connectivity index (χ3n) is 3.20. The molecule has 1 aliphatic rings. The van der Waals surface area contributed by atoms with Gasteiger partial charge in [-0.15, -0.1) is 0 Å². The van der Waals surface area contributed by atoms with E-state index in [0.717, 1.165) is 0 Å². The summed E-state index contributed by atoms with van der Waals surface area (Å²) in [6, 6.07) is 3.69. The molecule has 1 atom stereocenters. The first-order valence-corrected chi connectivity index (χ1v) is 6.68. The Labute approximate surface area is 126 Å². The van der Waals surface area contributed by atoms with Gasteiger partial charge in [0.15, 0.2) is 0 Å². The van der Waals surface area contributed by atoms with E-state index in [-0.39, 0.29) is 5.91 Å². The Hall–Kier alpha value is -2.22. The van der Waals surface area contributed by atoms with Gasteiger partial charge < -0.3 is 15.4 Å². The minimum absolute atomic E-state index is 0.293. The van der Waals surface area contributed by atoms with Crippen LogP contribution in [0.1, 0.15) is 13.3 Å². The Morgan fingerprint density at radius 1 is 1.36 bits per heavy atom. The van der Waals surface area contributed by atoms with Gasteiger partial charge in [0.2, 0.25) is 11.8 Å². The van der Waals surface area contributed by atoms with Crippen molar-refractivity contribution in [3.8, 4) is 5.75 Å². The van der Waals surface area contributed by atoms with Crippen LogP contribution in [0.25, 0.3) is 0 Å². The fraction of sp³-hybridized carbons (Fsp3) is 0.429. The van der Waals surface area contributed by atoms with E-state index in [9.17, 15) is 18.4 Å². The summed E-state index contributed by atoms with van der Waals surface area (Å²) in [6.45, 7) is 0.833. The molecule has 22 heavy (non-hydrogen) atoms. The number of hydrogen-bond acceptors (Lipinski definition) is 4. The summed E-state index contributed by atoms with van der Waals surface area (Å²) in [6.07, 6.45) is -0.534. The molecule has 0 aromatic heterocycles. The molecule has 0 spiro atoms. The number of hydrogen-bond donors (Lipinski definition) is 3. The van der Waals surface area contributed by atoms with Crippen LogP contribution in [0, 0.1) is 0 Å². The normalized spacial score (nSPS) is 19.5. The summed E-state index contributed by atoms with van der Waals surface area (Å²) >= 11 is 0. The first-order valence-electron chi connectivity index (χ1n) is 6.68. The van der Waals surface area contributed by atoms with Gasteiger partial charge in [-0.2, -0.15) is 0 Å². The van der Waals surface area contributed by atoms with Crippen molar-refractivity contribution in [2.24, 2.45) is 0 Å². The van der Waals surface area contributed by atoms with E-state index >= 15 is 0 Å². The lowest BCUT2D eigenvalue weighted by Crippen LogP contribution is -2.35. The highest BCUT2D eigenvalue weighted by atomic mass is 19.3. The lowest BCUT2D eigenvalue weighted by Gasteiger charge is -2.14. The van der Waals surface area contributed by atoms with Crippen LogP contribution in [0.15, 0.2) is 18.2 Å². The van der Waals surface area contributed by atoms with Crippen LogP contribution in [0.5, 0.6) is 5.75 Å². The van der Waals surface area contributed by atoms with Crippen LogP contribution in [-0.4, -0.2) is 37.4 Å². The molecule has 0 saturated carbocycles. The molecule has 1 aliphatic heterocycles. The smallest absolute Gasteiger partial charge is 0.262 e. The number of halogens is 2. The highest BCUT2D eigenvalue weighted by molar-refractivity contribution is 5.97. The molecule has 2 amide bonds. The van der Waals surface area contributed by atoms with Crippen molar-refractivity contribution in [3.05, 3.63) is 18.2 Å². The number of anilines is 2. The number of carbonyl (C=O) groups is 2. The van der Waals surface area contributed by atoms with E-state index in [1.165, 1.54) is 20.1 Å². The molecule has 0 radical (unpaired) electrons. The molecule has 120 valence electrons. The minimum Gasteiger partial charge on any atom is -0.495 e. The first kappa shape index (κ1) is 16.2. The number of nitrogens with one attached hydrogen (secondary N) is 3. The van der Waals surface area contributed by atoms with Gasteiger partial charge in [0.25, 0.3) is 5.92 Å². The summed E-state index contributed by atoms with van der Waals surface area (Å²) < 4.78 is 31.3. The van der Waals surface area contributed by atoms with Gasteiger partial charge >= 0.3 is 0 Å². The largest absolute Gasteiger partial charge is 0.495 e. The van der Waals surface area contributed by atoms with Crippen LogP contribution in [0.2, 0.25) is 0 Å². The SMILES string of the molecule is COc1ccc(NC(=O)C2CC(F)(F)CN2)cc1NC(C)=O. The third kappa shape index (κ3) is 3.91. The molecule has 6 nitrogen and oxygen atoms in total. The Balaban J connectivity index is 2.09. The zero-order valence-electron chi connectivity index (χ0n) is 12.2. The van der Waals surface area contributed by atoms with Gasteiger partial charge in [0, 0.05) is 19.0 Å². The fourth-order valence-corrected chi connectivity index (χ4v) is 2.20. The number of benzene rings is 1. The Morgan fingerprint density at radius 3 is 2.64 bits per heavy atom. The summed E-state index contributed by atoms with van der Waals surface area (Å²) in [5, 5.41) is 7.59. The molecular weight excluding hydrogens is 296 g/mol. The minimum atomic E-state index is -2.87. The van der Waals surface area contributed by atoms with E-state index < -0.39 is 30.8 Å². The van der Waals surface area contributed by atoms with Gasteiger partial charge in [-0.25, -0.2) is 8.78 Å². The molecule has 1 heterocycles. The predicted molar refractivity (Wildman–Crippen MR) is 77.3 cm³/mol. The Morgan fingerprint density at radius 2 is 2.09 bits per heavy atom. The van der Waals surface area contributed by atoms with Crippen molar-refractivity contribution < 1.29 is 23.1 Å². The van der Waals surface area contributed by atoms with Gasteiger partial charge in [0.05, 0.1) is 25.4 Å². The maximum Gasteiger partial charge on any atom is 0.262 e. The Kier molecular flexibility index (Phi) is 4.60. The molecule has 1 fully saturated rings. The highest BCUT2D eigenvalue weighted by Crippen LogP contribution is 2.29. The summed E-state index contributed by atoms with van der Waals surface area (Å²) in [4.78, 5) is 23.1. The molecule has 1 saturated heterocycles. The van der Waals surface area contributed by atoms with Crippen LogP contribution in [-0.2, 0) is 9.59 Å². The maximum absolute atomic E-state index is 13.1. The van der Waals surface area contributed by atoms with E-state index in [0.29, 0.717) is 17.1 Å². The molecule has 2 rings (SSSR count). The highest BCUT2D eigenvalue weighted by Gasteiger charge is 2.42. The van der Waals surface area contributed by atoms with Gasteiger partial charge in [-0.3, -0.25) is 14.9 Å². The Bertz CT molecular complexity index is 593. The van der Waals surface area contributed by atoms with Crippen molar-refractivity contribution in [1.82, 2.24) is 5.32 Å². The molecule has 3 N–H and O–H groups in total. The monoisotopic (exact) mass is 313 g/mol. The van der Waals surface area contributed by atoms with Crippen LogP contribution in [0.4, 0.5) is 20.2 Å². The number of rotatable bonds is 4. The molecule has 0 aliphatic carbocycles. The predicted octanol–water partition coefficient (Wildman–Crippen LogP) is 1.59. The number of ether oxygens (including phenoxy) is 1. The number of amides is 2. The van der Waals surface area contributed by atoms with E-state index in [1.807, 2.05) is 0 Å². The molecule has 1 aromatic carbocycles.